The van der Waals surface area contributed by atoms with Gasteiger partial charge < -0.3 is 15.7 Å². The lowest BCUT2D eigenvalue weighted by Crippen LogP contribution is -2.39. The summed E-state index contributed by atoms with van der Waals surface area (Å²) in [5.74, 6) is 0.0197. The molecule has 0 atom stereocenters. The third-order valence-electron chi connectivity index (χ3n) is 3.46. The minimum absolute atomic E-state index is 0.00152. The van der Waals surface area contributed by atoms with Gasteiger partial charge in [0.25, 0.3) is 0 Å². The van der Waals surface area contributed by atoms with Crippen molar-refractivity contribution in [3.63, 3.8) is 0 Å². The maximum Gasteiger partial charge on any atom is 0.246 e. The molecule has 2 fully saturated rings. The molecule has 1 heterocycles. The van der Waals surface area contributed by atoms with Gasteiger partial charge >= 0.3 is 0 Å². The molecule has 1 aliphatic carbocycles. The number of amides is 1. The summed E-state index contributed by atoms with van der Waals surface area (Å²) in [5.41, 5.74) is 2.03. The Bertz CT molecular complexity index is 300. The van der Waals surface area contributed by atoms with E-state index in [1.165, 1.54) is 5.57 Å². The quantitative estimate of drug-likeness (QED) is 0.563. The van der Waals surface area contributed by atoms with Gasteiger partial charge in [-0.05, 0) is 25.3 Å². The third kappa shape index (κ3) is 2.21. The van der Waals surface area contributed by atoms with Crippen molar-refractivity contribution >= 4 is 5.91 Å². The van der Waals surface area contributed by atoms with Crippen molar-refractivity contribution in [2.24, 2.45) is 5.41 Å². The molecule has 2 aliphatic rings. The highest BCUT2D eigenvalue weighted by Gasteiger charge is 2.42. The first-order valence-electron chi connectivity index (χ1n) is 5.45. The highest BCUT2D eigenvalue weighted by Crippen LogP contribution is 2.44. The minimum atomic E-state index is -0.00152. The summed E-state index contributed by atoms with van der Waals surface area (Å²) in [7, 11) is 0. The number of carbonyl (C=O) groups is 1. The molecule has 0 aromatic heterocycles. The Morgan fingerprint density at radius 2 is 2.20 bits per heavy atom. The van der Waals surface area contributed by atoms with Crippen LogP contribution < -0.4 is 10.6 Å². The van der Waals surface area contributed by atoms with Crippen LogP contribution in [0.2, 0.25) is 0 Å². The summed E-state index contributed by atoms with van der Waals surface area (Å²) in [4.78, 5) is 11.7. The zero-order valence-electron chi connectivity index (χ0n) is 9.10. The Morgan fingerprint density at radius 3 is 2.60 bits per heavy atom. The fourth-order valence-corrected chi connectivity index (χ4v) is 1.64. The zero-order chi connectivity index (χ0) is 10.9. The lowest BCUT2D eigenvalue weighted by Gasteiger charge is -2.22. The normalized spacial score (nSPS) is 21.9. The van der Waals surface area contributed by atoms with Crippen molar-refractivity contribution in [3.05, 3.63) is 11.1 Å². The van der Waals surface area contributed by atoms with Gasteiger partial charge in [-0.15, -0.1) is 0 Å². The maximum absolute atomic E-state index is 11.7. The minimum Gasteiger partial charge on any atom is -0.396 e. The summed E-state index contributed by atoms with van der Waals surface area (Å²) < 4.78 is 0. The fourth-order valence-electron chi connectivity index (χ4n) is 1.64. The van der Waals surface area contributed by atoms with Crippen molar-refractivity contribution < 1.29 is 9.90 Å². The molecule has 84 valence electrons. The van der Waals surface area contributed by atoms with Crippen LogP contribution in [0, 0.1) is 5.41 Å². The van der Waals surface area contributed by atoms with E-state index in [1.807, 2.05) is 6.92 Å². The monoisotopic (exact) mass is 210 g/mol. The second kappa shape index (κ2) is 3.94. The van der Waals surface area contributed by atoms with Crippen LogP contribution in [0.1, 0.15) is 19.8 Å². The number of aliphatic hydroxyl groups excluding tert-OH is 1. The molecular weight excluding hydrogens is 192 g/mol. The summed E-state index contributed by atoms with van der Waals surface area (Å²) in [6.45, 7) is 4.34. The van der Waals surface area contributed by atoms with E-state index < -0.39 is 0 Å². The molecule has 3 N–H and O–H groups in total. The van der Waals surface area contributed by atoms with E-state index >= 15 is 0 Å². The maximum atomic E-state index is 11.7. The van der Waals surface area contributed by atoms with Crippen molar-refractivity contribution in [1.29, 1.82) is 0 Å². The summed E-state index contributed by atoms with van der Waals surface area (Å²) in [6.07, 6.45) is 2.06. The molecule has 0 unspecified atom stereocenters. The molecule has 1 saturated heterocycles. The molecule has 4 heteroatoms. The van der Waals surface area contributed by atoms with Crippen LogP contribution in [0.5, 0.6) is 0 Å². The lowest BCUT2D eigenvalue weighted by atomic mass is 10.0. The van der Waals surface area contributed by atoms with Gasteiger partial charge in [0, 0.05) is 30.6 Å². The van der Waals surface area contributed by atoms with Crippen molar-refractivity contribution in [2.75, 3.05) is 26.2 Å². The molecule has 0 aromatic carbocycles. The average Bonchev–Trinajstić information content (AvgIpc) is 2.92. The molecule has 1 amide bonds. The first-order chi connectivity index (χ1) is 7.17. The van der Waals surface area contributed by atoms with Gasteiger partial charge in [0.2, 0.25) is 5.91 Å². The standard InChI is InChI=1S/C11H18N2O2/c1-8(9-4-12-5-9)10(15)13-6-11(7-14)2-3-11/h12,14H,2-7H2,1H3,(H,13,15). The molecule has 15 heavy (non-hydrogen) atoms. The second-order valence-electron chi connectivity index (χ2n) is 4.67. The average molecular weight is 210 g/mol. The highest BCUT2D eigenvalue weighted by molar-refractivity contribution is 5.94. The van der Waals surface area contributed by atoms with Crippen molar-refractivity contribution in [3.8, 4) is 0 Å². The topological polar surface area (TPSA) is 61.4 Å². The summed E-state index contributed by atoms with van der Waals surface area (Å²) >= 11 is 0. The SMILES string of the molecule is CC(C(=O)NCC1(CO)CC1)=C1CNC1. The van der Waals surface area contributed by atoms with Gasteiger partial charge in [-0.3, -0.25) is 4.79 Å². The predicted octanol–water partition coefficient (Wildman–Crippen LogP) is -0.205. The van der Waals surface area contributed by atoms with Crippen LogP contribution >= 0.6 is 0 Å². The van der Waals surface area contributed by atoms with Gasteiger partial charge in [-0.2, -0.15) is 0 Å². The van der Waals surface area contributed by atoms with E-state index in [-0.39, 0.29) is 17.9 Å². The van der Waals surface area contributed by atoms with E-state index in [4.69, 9.17) is 5.11 Å². The van der Waals surface area contributed by atoms with Crippen LogP contribution in [0.25, 0.3) is 0 Å². The Labute approximate surface area is 89.7 Å². The molecule has 4 nitrogen and oxygen atoms in total. The van der Waals surface area contributed by atoms with E-state index in [9.17, 15) is 4.79 Å². The Hall–Kier alpha value is -0.870. The molecule has 1 aliphatic heterocycles. The van der Waals surface area contributed by atoms with Crippen molar-refractivity contribution in [1.82, 2.24) is 10.6 Å². The number of carbonyl (C=O) groups excluding carboxylic acids is 1. The molecule has 0 radical (unpaired) electrons. The molecule has 1 saturated carbocycles. The van der Waals surface area contributed by atoms with Crippen LogP contribution in [0.15, 0.2) is 11.1 Å². The number of hydrogen-bond acceptors (Lipinski definition) is 3. The zero-order valence-corrected chi connectivity index (χ0v) is 9.10. The molecular formula is C11H18N2O2. The Balaban J connectivity index is 1.82. The number of rotatable bonds is 4. The van der Waals surface area contributed by atoms with E-state index in [1.54, 1.807) is 0 Å². The Kier molecular flexibility index (Phi) is 2.80. The van der Waals surface area contributed by atoms with Gasteiger partial charge in [0.15, 0.2) is 0 Å². The number of hydrogen-bond donors (Lipinski definition) is 3. The van der Waals surface area contributed by atoms with E-state index in [2.05, 4.69) is 10.6 Å². The summed E-state index contributed by atoms with van der Waals surface area (Å²) in [6, 6.07) is 0. The smallest absolute Gasteiger partial charge is 0.246 e. The second-order valence-corrected chi connectivity index (χ2v) is 4.67. The van der Waals surface area contributed by atoms with Crippen LogP contribution in [-0.2, 0) is 4.79 Å². The van der Waals surface area contributed by atoms with Gasteiger partial charge in [-0.1, -0.05) is 0 Å². The fraction of sp³-hybridized carbons (Fsp3) is 0.727. The van der Waals surface area contributed by atoms with Gasteiger partial charge in [-0.25, -0.2) is 0 Å². The number of nitrogens with one attached hydrogen (secondary N) is 2. The predicted molar refractivity (Wildman–Crippen MR) is 57.3 cm³/mol. The van der Waals surface area contributed by atoms with Crippen LogP contribution in [0.4, 0.5) is 0 Å². The van der Waals surface area contributed by atoms with E-state index in [0.29, 0.717) is 6.54 Å². The molecule has 0 spiro atoms. The lowest BCUT2D eigenvalue weighted by molar-refractivity contribution is -0.117. The van der Waals surface area contributed by atoms with Crippen LogP contribution in [0.3, 0.4) is 0 Å². The Morgan fingerprint density at radius 1 is 1.53 bits per heavy atom. The van der Waals surface area contributed by atoms with Crippen LogP contribution in [-0.4, -0.2) is 37.3 Å². The van der Waals surface area contributed by atoms with Crippen molar-refractivity contribution in [2.45, 2.75) is 19.8 Å². The molecule has 0 aromatic rings. The highest BCUT2D eigenvalue weighted by atomic mass is 16.3. The largest absolute Gasteiger partial charge is 0.396 e. The molecule has 2 rings (SSSR count). The summed E-state index contributed by atoms with van der Waals surface area (Å²) in [5, 5.41) is 15.1. The first-order valence-corrected chi connectivity index (χ1v) is 5.45. The van der Waals surface area contributed by atoms with Gasteiger partial charge in [0.05, 0.1) is 6.61 Å². The number of aliphatic hydroxyl groups is 1. The molecule has 0 bridgehead atoms. The van der Waals surface area contributed by atoms with E-state index in [0.717, 1.165) is 31.5 Å². The third-order valence-corrected chi connectivity index (χ3v) is 3.46. The van der Waals surface area contributed by atoms with Gasteiger partial charge in [0.1, 0.15) is 0 Å². The first kappa shape index (κ1) is 10.6.